The van der Waals surface area contributed by atoms with Gasteiger partial charge in [-0.3, -0.25) is 9.36 Å². The predicted octanol–water partition coefficient (Wildman–Crippen LogP) is 3.17. The summed E-state index contributed by atoms with van der Waals surface area (Å²) in [4.78, 5) is 21.0. The van der Waals surface area contributed by atoms with Crippen LogP contribution >= 0.6 is 23.2 Å². The maximum Gasteiger partial charge on any atom is 0.266 e. The average molecular weight is 306 g/mol. The van der Waals surface area contributed by atoms with E-state index in [0.717, 1.165) is 0 Å². The minimum Gasteiger partial charge on any atom is -0.268 e. The van der Waals surface area contributed by atoms with E-state index >= 15 is 0 Å². The summed E-state index contributed by atoms with van der Waals surface area (Å²) in [6.07, 6.45) is 1.56. The van der Waals surface area contributed by atoms with Crippen molar-refractivity contribution in [2.75, 3.05) is 0 Å². The fourth-order valence-electron chi connectivity index (χ4n) is 2.06. The van der Waals surface area contributed by atoms with E-state index in [1.165, 1.54) is 4.57 Å². The molecule has 0 N–H and O–H groups in total. The van der Waals surface area contributed by atoms with Crippen LogP contribution in [0.15, 0.2) is 47.4 Å². The van der Waals surface area contributed by atoms with Crippen molar-refractivity contribution in [3.05, 3.63) is 63.9 Å². The van der Waals surface area contributed by atoms with Crippen LogP contribution in [0.3, 0.4) is 0 Å². The Balaban J connectivity index is 2.43. The minimum absolute atomic E-state index is 0.102. The van der Waals surface area contributed by atoms with E-state index in [1.807, 2.05) is 6.07 Å². The van der Waals surface area contributed by atoms with Gasteiger partial charge < -0.3 is 0 Å². The van der Waals surface area contributed by atoms with Crippen molar-refractivity contribution in [3.63, 3.8) is 0 Å². The van der Waals surface area contributed by atoms with Crippen molar-refractivity contribution in [1.29, 1.82) is 0 Å². The number of para-hydroxylation sites is 1. The van der Waals surface area contributed by atoms with E-state index in [2.05, 4.69) is 9.97 Å². The van der Waals surface area contributed by atoms with Crippen LogP contribution in [-0.2, 0) is 5.88 Å². The standard InChI is InChI=1S/C14H9Cl2N3O/c15-8-12-18-10-5-2-1-4-9(10)14(20)19(12)11-6-3-7-17-13(11)16/h1-7H,8H2. The first-order chi connectivity index (χ1) is 9.72. The third-order valence-corrected chi connectivity index (χ3v) is 3.48. The summed E-state index contributed by atoms with van der Waals surface area (Å²) >= 11 is 12.0. The molecule has 0 aliphatic carbocycles. The molecule has 100 valence electrons. The van der Waals surface area contributed by atoms with Crippen LogP contribution in [0, 0.1) is 0 Å². The smallest absolute Gasteiger partial charge is 0.266 e. The van der Waals surface area contributed by atoms with Crippen molar-refractivity contribution >= 4 is 34.1 Å². The molecule has 0 aliphatic rings. The lowest BCUT2D eigenvalue weighted by Gasteiger charge is -2.12. The summed E-state index contributed by atoms with van der Waals surface area (Å²) in [5.41, 5.74) is 0.888. The molecule has 4 nitrogen and oxygen atoms in total. The van der Waals surface area contributed by atoms with Gasteiger partial charge in [0.05, 0.1) is 22.5 Å². The van der Waals surface area contributed by atoms with Gasteiger partial charge in [-0.05, 0) is 24.3 Å². The second-order valence-corrected chi connectivity index (χ2v) is 4.76. The number of pyridine rings is 1. The summed E-state index contributed by atoms with van der Waals surface area (Å²) in [6.45, 7) is 0. The number of aromatic nitrogens is 3. The van der Waals surface area contributed by atoms with E-state index in [-0.39, 0.29) is 16.6 Å². The predicted molar refractivity (Wildman–Crippen MR) is 79.7 cm³/mol. The molecule has 3 rings (SSSR count). The van der Waals surface area contributed by atoms with Gasteiger partial charge in [0, 0.05) is 6.20 Å². The third kappa shape index (κ3) is 2.07. The second-order valence-electron chi connectivity index (χ2n) is 4.13. The molecule has 0 atom stereocenters. The molecule has 0 fully saturated rings. The molecule has 0 aliphatic heterocycles. The van der Waals surface area contributed by atoms with Crippen LogP contribution in [0.25, 0.3) is 16.6 Å². The quantitative estimate of drug-likeness (QED) is 0.540. The van der Waals surface area contributed by atoms with Crippen LogP contribution in [0.4, 0.5) is 0 Å². The zero-order valence-corrected chi connectivity index (χ0v) is 11.8. The monoisotopic (exact) mass is 305 g/mol. The van der Waals surface area contributed by atoms with Crippen LogP contribution in [0.2, 0.25) is 5.15 Å². The van der Waals surface area contributed by atoms with Gasteiger partial charge in [0.2, 0.25) is 0 Å². The summed E-state index contributed by atoms with van der Waals surface area (Å²) in [7, 11) is 0. The van der Waals surface area contributed by atoms with E-state index in [9.17, 15) is 4.79 Å². The number of fused-ring (bicyclic) bond motifs is 1. The SMILES string of the molecule is O=c1c2ccccc2nc(CCl)n1-c1cccnc1Cl. The topological polar surface area (TPSA) is 47.8 Å². The lowest BCUT2D eigenvalue weighted by molar-refractivity contribution is 0.876. The lowest BCUT2D eigenvalue weighted by Crippen LogP contribution is -2.23. The molecule has 0 saturated heterocycles. The highest BCUT2D eigenvalue weighted by Crippen LogP contribution is 2.19. The van der Waals surface area contributed by atoms with Crippen molar-refractivity contribution < 1.29 is 0 Å². The van der Waals surface area contributed by atoms with E-state index in [0.29, 0.717) is 22.4 Å². The average Bonchev–Trinajstić information content (AvgIpc) is 2.48. The zero-order valence-electron chi connectivity index (χ0n) is 10.3. The molecule has 0 bridgehead atoms. The van der Waals surface area contributed by atoms with E-state index in [4.69, 9.17) is 23.2 Å². The number of hydrogen-bond donors (Lipinski definition) is 0. The largest absolute Gasteiger partial charge is 0.268 e. The summed E-state index contributed by atoms with van der Waals surface area (Å²) in [5, 5.41) is 0.749. The van der Waals surface area contributed by atoms with E-state index < -0.39 is 0 Å². The Kier molecular flexibility index (Phi) is 3.42. The number of hydrogen-bond acceptors (Lipinski definition) is 3. The number of halogens is 2. The molecule has 0 unspecified atom stereocenters. The molecule has 1 aromatic carbocycles. The fourth-order valence-corrected chi connectivity index (χ4v) is 2.44. The number of nitrogens with zero attached hydrogens (tertiary/aromatic N) is 3. The Morgan fingerprint density at radius 3 is 2.70 bits per heavy atom. The van der Waals surface area contributed by atoms with Gasteiger partial charge in [0.25, 0.3) is 5.56 Å². The Morgan fingerprint density at radius 2 is 1.95 bits per heavy atom. The Bertz CT molecular complexity index is 845. The first kappa shape index (κ1) is 13.1. The molecular formula is C14H9Cl2N3O. The molecule has 0 spiro atoms. The molecule has 3 aromatic rings. The molecular weight excluding hydrogens is 297 g/mol. The molecule has 0 saturated carbocycles. The summed E-state index contributed by atoms with van der Waals surface area (Å²) in [6, 6.07) is 10.5. The van der Waals surface area contributed by atoms with Crippen LogP contribution < -0.4 is 5.56 Å². The van der Waals surface area contributed by atoms with Gasteiger partial charge in [0.15, 0.2) is 5.15 Å². The van der Waals surface area contributed by atoms with Gasteiger partial charge >= 0.3 is 0 Å². The molecule has 20 heavy (non-hydrogen) atoms. The van der Waals surface area contributed by atoms with Gasteiger partial charge in [0.1, 0.15) is 5.82 Å². The van der Waals surface area contributed by atoms with E-state index in [1.54, 1.807) is 36.5 Å². The zero-order chi connectivity index (χ0) is 14.1. The first-order valence-corrected chi connectivity index (χ1v) is 6.81. The van der Waals surface area contributed by atoms with Gasteiger partial charge in [-0.2, -0.15) is 0 Å². The molecule has 2 heterocycles. The Labute approximate surface area is 124 Å². The molecule has 6 heteroatoms. The lowest BCUT2D eigenvalue weighted by atomic mass is 10.2. The van der Waals surface area contributed by atoms with Crippen LogP contribution in [0.5, 0.6) is 0 Å². The highest BCUT2D eigenvalue weighted by Gasteiger charge is 2.14. The van der Waals surface area contributed by atoms with Gasteiger partial charge in [-0.15, -0.1) is 11.6 Å². The number of alkyl halides is 1. The van der Waals surface area contributed by atoms with Gasteiger partial charge in [-0.1, -0.05) is 23.7 Å². The van der Waals surface area contributed by atoms with Crippen molar-refractivity contribution in [1.82, 2.24) is 14.5 Å². The highest BCUT2D eigenvalue weighted by molar-refractivity contribution is 6.31. The minimum atomic E-state index is -0.207. The first-order valence-electron chi connectivity index (χ1n) is 5.90. The van der Waals surface area contributed by atoms with Crippen LogP contribution in [0.1, 0.15) is 5.82 Å². The van der Waals surface area contributed by atoms with Crippen LogP contribution in [-0.4, -0.2) is 14.5 Å². The number of benzene rings is 1. The summed E-state index contributed by atoms with van der Waals surface area (Å²) in [5.74, 6) is 0.538. The third-order valence-electron chi connectivity index (χ3n) is 2.94. The highest BCUT2D eigenvalue weighted by atomic mass is 35.5. The normalized spacial score (nSPS) is 10.9. The molecule has 2 aromatic heterocycles. The second kappa shape index (κ2) is 5.23. The van der Waals surface area contributed by atoms with Crippen molar-refractivity contribution in [2.24, 2.45) is 0 Å². The van der Waals surface area contributed by atoms with Gasteiger partial charge in [-0.25, -0.2) is 9.97 Å². The Hall–Kier alpha value is -1.91. The summed E-state index contributed by atoms with van der Waals surface area (Å²) < 4.78 is 1.41. The fraction of sp³-hybridized carbons (Fsp3) is 0.0714. The molecule has 0 radical (unpaired) electrons. The Morgan fingerprint density at radius 1 is 1.15 bits per heavy atom. The maximum absolute atomic E-state index is 12.6. The number of rotatable bonds is 2. The maximum atomic E-state index is 12.6. The van der Waals surface area contributed by atoms with Crippen molar-refractivity contribution in [3.8, 4) is 5.69 Å². The molecule has 0 amide bonds. The van der Waals surface area contributed by atoms with Crippen molar-refractivity contribution in [2.45, 2.75) is 5.88 Å².